The van der Waals surface area contributed by atoms with Crippen LogP contribution in [0.1, 0.15) is 22.6 Å². The number of amides is 2. The molecule has 1 heterocycles. The van der Waals surface area contributed by atoms with E-state index in [0.29, 0.717) is 17.1 Å². The van der Waals surface area contributed by atoms with Gasteiger partial charge in [-0.2, -0.15) is 5.10 Å². The van der Waals surface area contributed by atoms with Crippen molar-refractivity contribution in [1.82, 2.24) is 20.5 Å². The molecule has 0 radical (unpaired) electrons. The van der Waals surface area contributed by atoms with Gasteiger partial charge < -0.3 is 10.6 Å². The van der Waals surface area contributed by atoms with E-state index in [0.717, 1.165) is 11.4 Å². The number of carbonyl (C=O) groups is 2. The van der Waals surface area contributed by atoms with Crippen molar-refractivity contribution in [3.05, 3.63) is 66.0 Å². The lowest BCUT2D eigenvalue weighted by atomic mass is 10.2. The minimum Gasteiger partial charge on any atom is -0.352 e. The monoisotopic (exact) mass is 349 g/mol. The minimum atomic E-state index is -0.190. The van der Waals surface area contributed by atoms with Gasteiger partial charge in [0.05, 0.1) is 0 Å². The minimum absolute atomic E-state index is 0.167. The first-order valence-electron chi connectivity index (χ1n) is 8.24. The van der Waals surface area contributed by atoms with E-state index in [4.69, 9.17) is 0 Å². The Morgan fingerprint density at radius 3 is 2.42 bits per heavy atom. The summed E-state index contributed by atoms with van der Waals surface area (Å²) in [5.41, 5.74) is 2.12. The van der Waals surface area contributed by atoms with E-state index >= 15 is 0 Å². The molecule has 0 aliphatic heterocycles. The maximum absolute atomic E-state index is 12.0. The van der Waals surface area contributed by atoms with Crippen LogP contribution in [0.4, 0.5) is 5.69 Å². The van der Waals surface area contributed by atoms with Crippen molar-refractivity contribution >= 4 is 17.5 Å². The molecule has 2 amide bonds. The molecule has 0 fully saturated rings. The SMILES string of the molecule is Cc1nc(-c2ccc(NC(=O)CCNC(=O)c3ccccc3)cc2)n[nH]1. The summed E-state index contributed by atoms with van der Waals surface area (Å²) >= 11 is 0. The normalized spacial score (nSPS) is 10.3. The summed E-state index contributed by atoms with van der Waals surface area (Å²) in [6.45, 7) is 2.11. The van der Waals surface area contributed by atoms with E-state index in [1.807, 2.05) is 25.1 Å². The number of hydrogen-bond donors (Lipinski definition) is 3. The van der Waals surface area contributed by atoms with Gasteiger partial charge in [-0.05, 0) is 43.3 Å². The van der Waals surface area contributed by atoms with E-state index in [1.54, 1.807) is 36.4 Å². The molecule has 0 spiro atoms. The maximum atomic E-state index is 12.0. The number of nitrogens with one attached hydrogen (secondary N) is 3. The number of H-pyrrole nitrogens is 1. The van der Waals surface area contributed by atoms with Gasteiger partial charge in [0.25, 0.3) is 5.91 Å². The number of aromatic nitrogens is 3. The molecule has 0 bridgehead atoms. The number of anilines is 1. The number of aromatic amines is 1. The van der Waals surface area contributed by atoms with Crippen LogP contribution in [-0.4, -0.2) is 33.5 Å². The molecule has 7 heteroatoms. The molecule has 0 saturated carbocycles. The van der Waals surface area contributed by atoms with Crippen LogP contribution >= 0.6 is 0 Å². The highest BCUT2D eigenvalue weighted by atomic mass is 16.2. The summed E-state index contributed by atoms with van der Waals surface area (Å²) in [4.78, 5) is 28.2. The standard InChI is InChI=1S/C19H19N5O2/c1-13-21-18(24-23-13)14-7-9-16(10-8-14)22-17(25)11-12-20-19(26)15-5-3-2-4-6-15/h2-10H,11-12H2,1H3,(H,20,26)(H,22,25)(H,21,23,24). The fourth-order valence-corrected chi connectivity index (χ4v) is 2.38. The van der Waals surface area contributed by atoms with Gasteiger partial charge in [0, 0.05) is 29.8 Å². The van der Waals surface area contributed by atoms with Crippen molar-refractivity contribution in [2.75, 3.05) is 11.9 Å². The summed E-state index contributed by atoms with van der Waals surface area (Å²) in [5.74, 6) is 1.00. The molecule has 0 unspecified atom stereocenters. The summed E-state index contributed by atoms with van der Waals surface area (Å²) < 4.78 is 0. The third-order valence-electron chi connectivity index (χ3n) is 3.70. The quantitative estimate of drug-likeness (QED) is 0.637. The van der Waals surface area contributed by atoms with Crippen LogP contribution < -0.4 is 10.6 Å². The smallest absolute Gasteiger partial charge is 0.251 e. The van der Waals surface area contributed by atoms with E-state index in [9.17, 15) is 9.59 Å². The van der Waals surface area contributed by atoms with Crippen LogP contribution in [0.5, 0.6) is 0 Å². The third kappa shape index (κ3) is 4.54. The summed E-state index contributed by atoms with van der Waals surface area (Å²) in [5, 5.41) is 12.4. The van der Waals surface area contributed by atoms with Crippen molar-refractivity contribution in [2.45, 2.75) is 13.3 Å². The Balaban J connectivity index is 1.47. The van der Waals surface area contributed by atoms with Crippen LogP contribution in [0.2, 0.25) is 0 Å². The molecule has 3 rings (SSSR count). The van der Waals surface area contributed by atoms with Crippen molar-refractivity contribution in [3.8, 4) is 11.4 Å². The number of nitrogens with zero attached hydrogens (tertiary/aromatic N) is 2. The third-order valence-corrected chi connectivity index (χ3v) is 3.70. The molecule has 3 aromatic rings. The number of hydrogen-bond acceptors (Lipinski definition) is 4. The molecule has 2 aromatic carbocycles. The van der Waals surface area contributed by atoms with Gasteiger partial charge in [0.15, 0.2) is 5.82 Å². The van der Waals surface area contributed by atoms with Gasteiger partial charge in [-0.1, -0.05) is 18.2 Å². The zero-order chi connectivity index (χ0) is 18.4. The lowest BCUT2D eigenvalue weighted by Gasteiger charge is -2.07. The number of carbonyl (C=O) groups excluding carboxylic acids is 2. The Morgan fingerprint density at radius 2 is 1.77 bits per heavy atom. The van der Waals surface area contributed by atoms with Gasteiger partial charge in [0.2, 0.25) is 5.91 Å². The molecule has 1 aromatic heterocycles. The Bertz CT molecular complexity index is 888. The Labute approximate surface area is 150 Å². The second-order valence-electron chi connectivity index (χ2n) is 5.74. The summed E-state index contributed by atoms with van der Waals surface area (Å²) in [6.07, 6.45) is 0.195. The number of aryl methyl sites for hydroxylation is 1. The molecular formula is C19H19N5O2. The fraction of sp³-hybridized carbons (Fsp3) is 0.158. The highest BCUT2D eigenvalue weighted by molar-refractivity contribution is 5.95. The van der Waals surface area contributed by atoms with Crippen molar-refractivity contribution in [1.29, 1.82) is 0 Å². The molecule has 3 N–H and O–H groups in total. The Hall–Kier alpha value is -3.48. The lowest BCUT2D eigenvalue weighted by Crippen LogP contribution is -2.27. The average molecular weight is 349 g/mol. The molecule has 0 atom stereocenters. The van der Waals surface area contributed by atoms with Gasteiger partial charge in [0.1, 0.15) is 5.82 Å². The number of rotatable bonds is 6. The largest absolute Gasteiger partial charge is 0.352 e. The maximum Gasteiger partial charge on any atom is 0.251 e. The predicted octanol–water partition coefficient (Wildman–Crippen LogP) is 2.54. The van der Waals surface area contributed by atoms with E-state index < -0.39 is 0 Å². The second-order valence-corrected chi connectivity index (χ2v) is 5.74. The lowest BCUT2D eigenvalue weighted by molar-refractivity contribution is -0.116. The molecular weight excluding hydrogens is 330 g/mol. The van der Waals surface area contributed by atoms with Crippen LogP contribution in [0, 0.1) is 6.92 Å². The van der Waals surface area contributed by atoms with Crippen LogP contribution in [-0.2, 0) is 4.79 Å². The molecule has 132 valence electrons. The van der Waals surface area contributed by atoms with Crippen LogP contribution in [0.3, 0.4) is 0 Å². The van der Waals surface area contributed by atoms with Gasteiger partial charge in [-0.3, -0.25) is 14.7 Å². The Morgan fingerprint density at radius 1 is 1.04 bits per heavy atom. The molecule has 7 nitrogen and oxygen atoms in total. The zero-order valence-corrected chi connectivity index (χ0v) is 14.3. The van der Waals surface area contributed by atoms with Gasteiger partial charge in [-0.15, -0.1) is 0 Å². The van der Waals surface area contributed by atoms with E-state index in [2.05, 4.69) is 25.8 Å². The van der Waals surface area contributed by atoms with Crippen molar-refractivity contribution < 1.29 is 9.59 Å². The molecule has 26 heavy (non-hydrogen) atoms. The number of benzene rings is 2. The van der Waals surface area contributed by atoms with Crippen molar-refractivity contribution in [2.24, 2.45) is 0 Å². The summed E-state index contributed by atoms with van der Waals surface area (Å²) in [6, 6.07) is 16.2. The molecule has 0 saturated heterocycles. The average Bonchev–Trinajstić information content (AvgIpc) is 3.09. The van der Waals surface area contributed by atoms with Crippen molar-refractivity contribution in [3.63, 3.8) is 0 Å². The first-order valence-corrected chi connectivity index (χ1v) is 8.24. The highest BCUT2D eigenvalue weighted by Gasteiger charge is 2.07. The molecule has 0 aliphatic carbocycles. The Kier molecular flexibility index (Phi) is 5.38. The zero-order valence-electron chi connectivity index (χ0n) is 14.3. The van der Waals surface area contributed by atoms with Crippen LogP contribution in [0.25, 0.3) is 11.4 Å². The highest BCUT2D eigenvalue weighted by Crippen LogP contribution is 2.17. The summed E-state index contributed by atoms with van der Waals surface area (Å²) in [7, 11) is 0. The van der Waals surface area contributed by atoms with E-state index in [1.165, 1.54) is 0 Å². The first-order chi connectivity index (χ1) is 12.6. The first kappa shape index (κ1) is 17.3. The van der Waals surface area contributed by atoms with Gasteiger partial charge >= 0.3 is 0 Å². The fourth-order valence-electron chi connectivity index (χ4n) is 2.38. The van der Waals surface area contributed by atoms with Crippen LogP contribution in [0.15, 0.2) is 54.6 Å². The van der Waals surface area contributed by atoms with E-state index in [-0.39, 0.29) is 24.8 Å². The predicted molar refractivity (Wildman–Crippen MR) is 98.6 cm³/mol. The topological polar surface area (TPSA) is 99.8 Å². The van der Waals surface area contributed by atoms with Gasteiger partial charge in [-0.25, -0.2) is 4.98 Å². The molecule has 0 aliphatic rings. The second kappa shape index (κ2) is 8.06.